The molecule has 0 fully saturated rings. The number of carbonyl (C=O) groups excluding carboxylic acids is 3. The normalized spacial score (nSPS) is 12.5. The molecule has 1 atom stereocenters. The Morgan fingerprint density at radius 2 is 0.527 bits per heavy atom. The highest BCUT2D eigenvalue weighted by Crippen LogP contribution is 2.17. The predicted molar refractivity (Wildman–Crippen MR) is 321 cm³/mol. The lowest BCUT2D eigenvalue weighted by molar-refractivity contribution is -0.167. The summed E-state index contributed by atoms with van der Waals surface area (Å²) in [6.07, 6.45) is 80.4. The Hall–Kier alpha value is -3.15. The number of ether oxygens (including phenoxy) is 3. The molecular weight excluding hydrogens is 913 g/mol. The molecule has 0 aliphatic rings. The van der Waals surface area contributed by atoms with Gasteiger partial charge in [0, 0.05) is 19.3 Å². The summed E-state index contributed by atoms with van der Waals surface area (Å²) in [5, 5.41) is 0. The van der Waals surface area contributed by atoms with Gasteiger partial charge >= 0.3 is 17.9 Å². The highest BCUT2D eigenvalue weighted by Gasteiger charge is 2.19. The van der Waals surface area contributed by atoms with Gasteiger partial charge in [0.05, 0.1) is 0 Å². The lowest BCUT2D eigenvalue weighted by Crippen LogP contribution is -2.30. The van der Waals surface area contributed by atoms with Crippen molar-refractivity contribution in [1.29, 1.82) is 0 Å². The fraction of sp³-hybridized carbons (Fsp3) is 0.779. The van der Waals surface area contributed by atoms with Gasteiger partial charge in [0.1, 0.15) is 13.2 Å². The summed E-state index contributed by atoms with van der Waals surface area (Å²) >= 11 is 0. The van der Waals surface area contributed by atoms with Gasteiger partial charge in [0.2, 0.25) is 0 Å². The second-order valence-electron chi connectivity index (χ2n) is 21.3. The van der Waals surface area contributed by atoms with Crippen LogP contribution in [-0.4, -0.2) is 37.2 Å². The van der Waals surface area contributed by atoms with Crippen molar-refractivity contribution in [2.24, 2.45) is 0 Å². The van der Waals surface area contributed by atoms with E-state index in [4.69, 9.17) is 14.2 Å². The maximum absolute atomic E-state index is 12.9. The maximum atomic E-state index is 12.9. The molecule has 0 saturated heterocycles. The number of unbranched alkanes of at least 4 members (excludes halogenated alkanes) is 35. The van der Waals surface area contributed by atoms with E-state index in [1.165, 1.54) is 180 Å². The standard InChI is InChI=1S/C68H120O6/c1-4-7-10-13-16-19-22-25-28-30-31-32-33-34-35-36-37-39-40-43-46-49-52-55-58-61-67(70)73-64-65(63-72-66(69)60-57-54-51-48-45-42-27-24-21-18-15-12-9-6-3)74-68(71)62-59-56-53-50-47-44-41-38-29-26-23-20-17-14-11-8-5-2/h7,10,16,19,25,28,31-32,34-35,37,39,65H,4-6,8-9,11-15,17-18,20-24,26-27,29-30,33,36,38,40-64H2,1-3H3/b10-7-,19-16-,28-25-,32-31-,35-34-,39-37-. The van der Waals surface area contributed by atoms with E-state index >= 15 is 0 Å². The van der Waals surface area contributed by atoms with Gasteiger partial charge in [-0.1, -0.05) is 306 Å². The zero-order valence-electron chi connectivity index (χ0n) is 49.1. The zero-order valence-corrected chi connectivity index (χ0v) is 49.1. The molecule has 0 aliphatic heterocycles. The van der Waals surface area contributed by atoms with Crippen LogP contribution in [0.15, 0.2) is 72.9 Å². The van der Waals surface area contributed by atoms with Crippen LogP contribution in [0.4, 0.5) is 0 Å². The molecule has 74 heavy (non-hydrogen) atoms. The van der Waals surface area contributed by atoms with Crippen molar-refractivity contribution in [3.63, 3.8) is 0 Å². The second kappa shape index (κ2) is 62.4. The smallest absolute Gasteiger partial charge is 0.306 e. The molecule has 0 spiro atoms. The van der Waals surface area contributed by atoms with Crippen LogP contribution in [0.25, 0.3) is 0 Å². The Balaban J connectivity index is 4.34. The molecular formula is C68H120O6. The SMILES string of the molecule is CC/C=C\C/C=C\C/C=C\C/C=C\C/C=C\C/C=C\CCCCCCCCC(=O)OCC(COC(=O)CCCCCCCCCCCCCCCC)OC(=O)CCCCCCCCCCCCCCCCCCC. The van der Waals surface area contributed by atoms with Crippen LogP contribution in [0.5, 0.6) is 0 Å². The number of rotatable bonds is 58. The molecule has 0 bridgehead atoms. The highest BCUT2D eigenvalue weighted by atomic mass is 16.6. The average Bonchev–Trinajstić information content (AvgIpc) is 3.40. The van der Waals surface area contributed by atoms with Crippen molar-refractivity contribution >= 4 is 17.9 Å². The summed E-state index contributed by atoms with van der Waals surface area (Å²) in [5.74, 6) is -0.872. The molecule has 0 aromatic rings. The molecule has 6 nitrogen and oxygen atoms in total. The highest BCUT2D eigenvalue weighted by molar-refractivity contribution is 5.71. The zero-order chi connectivity index (χ0) is 53.6. The number of allylic oxidation sites excluding steroid dienone is 12. The van der Waals surface area contributed by atoms with Gasteiger partial charge in [0.25, 0.3) is 0 Å². The summed E-state index contributed by atoms with van der Waals surface area (Å²) in [7, 11) is 0. The predicted octanol–water partition coefficient (Wildman–Crippen LogP) is 21.7. The fourth-order valence-electron chi connectivity index (χ4n) is 9.21. The molecule has 0 aromatic carbocycles. The second-order valence-corrected chi connectivity index (χ2v) is 21.3. The number of hydrogen-bond acceptors (Lipinski definition) is 6. The van der Waals surface area contributed by atoms with E-state index in [0.717, 1.165) is 103 Å². The summed E-state index contributed by atoms with van der Waals surface area (Å²) in [4.78, 5) is 38.3. The van der Waals surface area contributed by atoms with Gasteiger partial charge < -0.3 is 14.2 Å². The Labute approximate surface area is 459 Å². The molecule has 0 saturated carbocycles. The van der Waals surface area contributed by atoms with Gasteiger partial charge in [-0.05, 0) is 70.6 Å². The molecule has 0 aromatic heterocycles. The number of esters is 3. The van der Waals surface area contributed by atoms with E-state index in [1.54, 1.807) is 0 Å². The van der Waals surface area contributed by atoms with Gasteiger partial charge in [-0.3, -0.25) is 14.4 Å². The van der Waals surface area contributed by atoms with Crippen LogP contribution in [0.1, 0.15) is 323 Å². The first kappa shape index (κ1) is 70.8. The fourth-order valence-corrected chi connectivity index (χ4v) is 9.21. The Bertz CT molecular complexity index is 1370. The first-order valence-electron chi connectivity index (χ1n) is 31.9. The molecule has 0 heterocycles. The van der Waals surface area contributed by atoms with Crippen LogP contribution in [0, 0.1) is 0 Å². The van der Waals surface area contributed by atoms with Crippen LogP contribution < -0.4 is 0 Å². The molecule has 1 unspecified atom stereocenters. The Kier molecular flexibility index (Phi) is 59.7. The number of hydrogen-bond donors (Lipinski definition) is 0. The van der Waals surface area contributed by atoms with Crippen molar-refractivity contribution in [3.05, 3.63) is 72.9 Å². The largest absolute Gasteiger partial charge is 0.462 e. The van der Waals surface area contributed by atoms with E-state index in [-0.39, 0.29) is 31.1 Å². The minimum Gasteiger partial charge on any atom is -0.462 e. The van der Waals surface area contributed by atoms with Gasteiger partial charge in [-0.2, -0.15) is 0 Å². The topological polar surface area (TPSA) is 78.9 Å². The van der Waals surface area contributed by atoms with Gasteiger partial charge in [-0.15, -0.1) is 0 Å². The summed E-state index contributed by atoms with van der Waals surface area (Å²) in [5.41, 5.74) is 0. The minimum absolute atomic E-state index is 0.0753. The summed E-state index contributed by atoms with van der Waals surface area (Å²) < 4.78 is 16.9. The Morgan fingerprint density at radius 1 is 0.284 bits per heavy atom. The monoisotopic (exact) mass is 1030 g/mol. The van der Waals surface area contributed by atoms with Crippen LogP contribution in [0.2, 0.25) is 0 Å². The summed E-state index contributed by atoms with van der Waals surface area (Å²) in [6, 6.07) is 0. The van der Waals surface area contributed by atoms with Crippen molar-refractivity contribution < 1.29 is 28.6 Å². The van der Waals surface area contributed by atoms with Crippen molar-refractivity contribution in [3.8, 4) is 0 Å². The molecule has 0 aliphatic carbocycles. The van der Waals surface area contributed by atoms with Gasteiger partial charge in [-0.25, -0.2) is 0 Å². The maximum Gasteiger partial charge on any atom is 0.306 e. The third kappa shape index (κ3) is 59.7. The van der Waals surface area contributed by atoms with E-state index in [0.29, 0.717) is 19.3 Å². The molecule has 0 radical (unpaired) electrons. The lowest BCUT2D eigenvalue weighted by Gasteiger charge is -2.18. The van der Waals surface area contributed by atoms with Crippen LogP contribution >= 0.6 is 0 Å². The third-order valence-corrected chi connectivity index (χ3v) is 14.0. The summed E-state index contributed by atoms with van der Waals surface area (Å²) in [6.45, 7) is 6.56. The van der Waals surface area contributed by atoms with Gasteiger partial charge in [0.15, 0.2) is 6.10 Å². The first-order chi connectivity index (χ1) is 36.5. The molecule has 6 heteroatoms. The quantitative estimate of drug-likeness (QED) is 0.0261. The van der Waals surface area contributed by atoms with Crippen LogP contribution in [-0.2, 0) is 28.6 Å². The lowest BCUT2D eigenvalue weighted by atomic mass is 10.0. The first-order valence-corrected chi connectivity index (χ1v) is 31.9. The molecule has 0 N–H and O–H groups in total. The minimum atomic E-state index is -0.779. The average molecular weight is 1030 g/mol. The van der Waals surface area contributed by atoms with Crippen LogP contribution in [0.3, 0.4) is 0 Å². The Morgan fingerprint density at radius 3 is 0.824 bits per heavy atom. The van der Waals surface area contributed by atoms with Crippen molar-refractivity contribution in [2.45, 2.75) is 329 Å². The van der Waals surface area contributed by atoms with Crippen molar-refractivity contribution in [1.82, 2.24) is 0 Å². The third-order valence-electron chi connectivity index (χ3n) is 14.0. The van der Waals surface area contributed by atoms with E-state index < -0.39 is 6.10 Å². The van der Waals surface area contributed by atoms with E-state index in [1.807, 2.05) is 0 Å². The van der Waals surface area contributed by atoms with E-state index in [2.05, 4.69) is 93.7 Å². The van der Waals surface area contributed by atoms with Crippen molar-refractivity contribution in [2.75, 3.05) is 13.2 Å². The molecule has 0 amide bonds. The molecule has 428 valence electrons. The van der Waals surface area contributed by atoms with E-state index in [9.17, 15) is 14.4 Å². The molecule has 0 rings (SSSR count). The number of carbonyl (C=O) groups is 3.